The standard InChI is InChI=1S/C17H16FN3O/c1-17(2,3)16(22)12(9-19)8-13-10-20-21-15(13)11-4-6-14(18)7-5-11/h4-8,10H,1-3H3,(H,20,21)/b12-8+. The number of hydrogen-bond donors (Lipinski definition) is 1. The Morgan fingerprint density at radius 1 is 1.32 bits per heavy atom. The second kappa shape index (κ2) is 5.94. The Bertz CT molecular complexity index is 758. The second-order valence-corrected chi connectivity index (χ2v) is 5.96. The third kappa shape index (κ3) is 3.29. The normalized spacial score (nSPS) is 12.0. The molecule has 0 saturated carbocycles. The molecule has 0 radical (unpaired) electrons. The smallest absolute Gasteiger partial charge is 0.178 e. The number of aromatic nitrogens is 2. The van der Waals surface area contributed by atoms with Gasteiger partial charge in [-0.3, -0.25) is 9.89 Å². The number of halogens is 1. The summed E-state index contributed by atoms with van der Waals surface area (Å²) in [4.78, 5) is 12.2. The number of aromatic amines is 1. The van der Waals surface area contributed by atoms with Gasteiger partial charge in [0.05, 0.1) is 17.5 Å². The van der Waals surface area contributed by atoms with Crippen molar-refractivity contribution < 1.29 is 9.18 Å². The maximum Gasteiger partial charge on any atom is 0.178 e. The van der Waals surface area contributed by atoms with E-state index in [2.05, 4.69) is 10.2 Å². The van der Waals surface area contributed by atoms with E-state index in [0.29, 0.717) is 11.3 Å². The summed E-state index contributed by atoms with van der Waals surface area (Å²) in [5, 5.41) is 16.0. The molecule has 1 N–H and O–H groups in total. The van der Waals surface area contributed by atoms with Gasteiger partial charge in [-0.25, -0.2) is 4.39 Å². The molecule has 2 aromatic rings. The van der Waals surface area contributed by atoms with Gasteiger partial charge in [0.15, 0.2) is 5.78 Å². The summed E-state index contributed by atoms with van der Waals surface area (Å²) in [6.45, 7) is 5.28. The highest BCUT2D eigenvalue weighted by Crippen LogP contribution is 2.26. The number of benzene rings is 1. The number of H-pyrrole nitrogens is 1. The van der Waals surface area contributed by atoms with Gasteiger partial charge >= 0.3 is 0 Å². The number of rotatable bonds is 3. The fraction of sp³-hybridized carbons (Fsp3) is 0.235. The molecular weight excluding hydrogens is 281 g/mol. The van der Waals surface area contributed by atoms with E-state index in [9.17, 15) is 14.4 Å². The molecule has 22 heavy (non-hydrogen) atoms. The van der Waals surface area contributed by atoms with Crippen molar-refractivity contribution in [1.82, 2.24) is 10.2 Å². The minimum absolute atomic E-state index is 0.0669. The van der Waals surface area contributed by atoms with Crippen LogP contribution in [0.1, 0.15) is 26.3 Å². The third-order valence-corrected chi connectivity index (χ3v) is 3.15. The number of hydrogen-bond acceptors (Lipinski definition) is 3. The van der Waals surface area contributed by atoms with Gasteiger partial charge in [0.25, 0.3) is 0 Å². The van der Waals surface area contributed by atoms with Crippen molar-refractivity contribution in [2.75, 3.05) is 0 Å². The first kappa shape index (κ1) is 15.6. The molecule has 1 heterocycles. The van der Waals surface area contributed by atoms with Crippen LogP contribution in [0.4, 0.5) is 4.39 Å². The van der Waals surface area contributed by atoms with Crippen LogP contribution in [-0.2, 0) is 4.79 Å². The second-order valence-electron chi connectivity index (χ2n) is 5.96. The summed E-state index contributed by atoms with van der Waals surface area (Å²) in [6.07, 6.45) is 3.04. The summed E-state index contributed by atoms with van der Waals surface area (Å²) >= 11 is 0. The molecule has 112 valence electrons. The Labute approximate surface area is 128 Å². The minimum Gasteiger partial charge on any atom is -0.293 e. The van der Waals surface area contributed by atoms with Crippen LogP contribution in [0.15, 0.2) is 36.0 Å². The monoisotopic (exact) mass is 297 g/mol. The molecule has 0 aliphatic rings. The summed E-state index contributed by atoms with van der Waals surface area (Å²) < 4.78 is 13.0. The number of carbonyl (C=O) groups excluding carboxylic acids is 1. The zero-order valence-corrected chi connectivity index (χ0v) is 12.6. The molecule has 0 aliphatic heterocycles. The predicted octanol–water partition coefficient (Wildman–Crippen LogP) is 3.74. The number of nitriles is 1. The van der Waals surface area contributed by atoms with E-state index >= 15 is 0 Å². The van der Waals surface area contributed by atoms with Gasteiger partial charge < -0.3 is 0 Å². The van der Waals surface area contributed by atoms with E-state index < -0.39 is 5.41 Å². The lowest BCUT2D eigenvalue weighted by molar-refractivity contribution is -0.121. The number of Topliss-reactive ketones (excluding diaryl/α,β-unsaturated/α-hetero) is 1. The topological polar surface area (TPSA) is 69.5 Å². The van der Waals surface area contributed by atoms with Crippen LogP contribution in [0, 0.1) is 22.6 Å². The lowest BCUT2D eigenvalue weighted by Gasteiger charge is -2.15. The highest BCUT2D eigenvalue weighted by atomic mass is 19.1. The van der Waals surface area contributed by atoms with Crippen LogP contribution < -0.4 is 0 Å². The van der Waals surface area contributed by atoms with E-state index in [1.165, 1.54) is 24.4 Å². The van der Waals surface area contributed by atoms with Crippen LogP contribution in [0.5, 0.6) is 0 Å². The van der Waals surface area contributed by atoms with E-state index in [-0.39, 0.29) is 17.2 Å². The highest BCUT2D eigenvalue weighted by Gasteiger charge is 2.25. The molecule has 0 aliphatic carbocycles. The summed E-state index contributed by atoms with van der Waals surface area (Å²) in [5.41, 5.74) is 1.40. The van der Waals surface area contributed by atoms with Crippen molar-refractivity contribution in [3.05, 3.63) is 47.4 Å². The molecule has 0 unspecified atom stereocenters. The van der Waals surface area contributed by atoms with Crippen LogP contribution in [-0.4, -0.2) is 16.0 Å². The van der Waals surface area contributed by atoms with Gasteiger partial charge in [0.1, 0.15) is 11.9 Å². The summed E-state index contributed by atoms with van der Waals surface area (Å²) in [6, 6.07) is 7.85. The molecule has 0 saturated heterocycles. The van der Waals surface area contributed by atoms with Crippen LogP contribution in [0.25, 0.3) is 17.3 Å². The van der Waals surface area contributed by atoms with E-state index in [1.54, 1.807) is 32.9 Å². The Kier molecular flexibility index (Phi) is 4.22. The number of allylic oxidation sites excluding steroid dienone is 1. The Balaban J connectivity index is 2.45. The first-order chi connectivity index (χ1) is 10.3. The van der Waals surface area contributed by atoms with Crippen molar-refractivity contribution in [1.29, 1.82) is 5.26 Å². The molecule has 1 aromatic carbocycles. The van der Waals surface area contributed by atoms with Crippen molar-refractivity contribution in [3.8, 4) is 17.3 Å². The molecule has 0 spiro atoms. The van der Waals surface area contributed by atoms with E-state index in [4.69, 9.17) is 0 Å². The first-order valence-corrected chi connectivity index (χ1v) is 6.79. The van der Waals surface area contributed by atoms with Gasteiger partial charge in [-0.05, 0) is 30.3 Å². The van der Waals surface area contributed by atoms with Gasteiger partial charge in [0.2, 0.25) is 0 Å². The largest absolute Gasteiger partial charge is 0.293 e. The zero-order valence-electron chi connectivity index (χ0n) is 12.6. The zero-order chi connectivity index (χ0) is 16.3. The molecule has 0 bridgehead atoms. The average Bonchev–Trinajstić information content (AvgIpc) is 2.92. The average molecular weight is 297 g/mol. The molecule has 1 aromatic heterocycles. The Hall–Kier alpha value is -2.74. The fourth-order valence-electron chi connectivity index (χ4n) is 1.96. The maximum absolute atomic E-state index is 13.0. The molecule has 0 fully saturated rings. The van der Waals surface area contributed by atoms with Crippen molar-refractivity contribution >= 4 is 11.9 Å². The number of carbonyl (C=O) groups is 1. The van der Waals surface area contributed by atoms with Crippen molar-refractivity contribution in [2.45, 2.75) is 20.8 Å². The highest BCUT2D eigenvalue weighted by molar-refractivity contribution is 6.06. The quantitative estimate of drug-likeness (QED) is 0.693. The fourth-order valence-corrected chi connectivity index (χ4v) is 1.96. The van der Waals surface area contributed by atoms with Crippen LogP contribution in [0.3, 0.4) is 0 Å². The SMILES string of the molecule is CC(C)(C)C(=O)/C(C#N)=C/c1cn[nH]c1-c1ccc(F)cc1. The molecule has 4 nitrogen and oxygen atoms in total. The number of ketones is 1. The van der Waals surface area contributed by atoms with Gasteiger partial charge in [-0.15, -0.1) is 0 Å². The van der Waals surface area contributed by atoms with E-state index in [1.807, 2.05) is 6.07 Å². The summed E-state index contributed by atoms with van der Waals surface area (Å²) in [5.74, 6) is -0.567. The van der Waals surface area contributed by atoms with E-state index in [0.717, 1.165) is 5.56 Å². The number of nitrogens with one attached hydrogen (secondary N) is 1. The first-order valence-electron chi connectivity index (χ1n) is 6.79. The van der Waals surface area contributed by atoms with Gasteiger partial charge in [0, 0.05) is 16.5 Å². The Morgan fingerprint density at radius 3 is 2.50 bits per heavy atom. The van der Waals surface area contributed by atoms with Gasteiger partial charge in [-0.1, -0.05) is 20.8 Å². The Morgan fingerprint density at radius 2 is 1.95 bits per heavy atom. The lowest BCUT2D eigenvalue weighted by Crippen LogP contribution is -2.21. The molecule has 5 heteroatoms. The molecular formula is C17H16FN3O. The van der Waals surface area contributed by atoms with Crippen molar-refractivity contribution in [3.63, 3.8) is 0 Å². The van der Waals surface area contributed by atoms with Crippen LogP contribution >= 0.6 is 0 Å². The molecule has 0 atom stereocenters. The summed E-state index contributed by atoms with van der Waals surface area (Å²) in [7, 11) is 0. The molecule has 0 amide bonds. The van der Waals surface area contributed by atoms with Gasteiger partial charge in [-0.2, -0.15) is 10.4 Å². The number of nitrogens with zero attached hydrogens (tertiary/aromatic N) is 2. The maximum atomic E-state index is 13.0. The third-order valence-electron chi connectivity index (χ3n) is 3.15. The minimum atomic E-state index is -0.638. The van der Waals surface area contributed by atoms with Crippen LogP contribution in [0.2, 0.25) is 0 Å². The lowest BCUT2D eigenvalue weighted by atomic mass is 9.86. The molecule has 2 rings (SSSR count). The predicted molar refractivity (Wildman–Crippen MR) is 82.0 cm³/mol. The van der Waals surface area contributed by atoms with Crippen molar-refractivity contribution in [2.24, 2.45) is 5.41 Å².